The Morgan fingerprint density at radius 3 is 2.43 bits per heavy atom. The molecule has 1 saturated carbocycles. The molecule has 0 unspecified atom stereocenters. The van der Waals surface area contributed by atoms with Crippen molar-refractivity contribution in [2.24, 2.45) is 5.41 Å². The minimum atomic E-state index is 0.588. The van der Waals surface area contributed by atoms with Crippen molar-refractivity contribution in [3.05, 3.63) is 20.8 Å². The molecule has 0 radical (unpaired) electrons. The molecule has 0 amide bonds. The van der Waals surface area contributed by atoms with Gasteiger partial charge in [0.05, 0.1) is 3.79 Å². The van der Waals surface area contributed by atoms with Crippen molar-refractivity contribution in [3.8, 4) is 0 Å². The molecule has 1 fully saturated rings. The minimum absolute atomic E-state index is 0.588. The first-order valence-electron chi connectivity index (χ1n) is 5.32. The predicted octanol–water partition coefficient (Wildman–Crippen LogP) is 5.19. The lowest BCUT2D eigenvalue weighted by Crippen LogP contribution is -2.19. The van der Waals surface area contributed by atoms with E-state index in [2.05, 4.69) is 41.9 Å². The lowest BCUT2D eigenvalue weighted by atomic mass is 9.73. The van der Waals surface area contributed by atoms with Crippen molar-refractivity contribution in [3.63, 3.8) is 0 Å². The van der Waals surface area contributed by atoms with E-state index >= 15 is 0 Å². The SMILES string of the molecule is CC1(C)CCC(c2ccc(Br)s2)CC1. The quantitative estimate of drug-likeness (QED) is 0.660. The van der Waals surface area contributed by atoms with E-state index in [1.807, 2.05) is 11.3 Å². The second-order valence-electron chi connectivity index (χ2n) is 5.08. The Kier molecular flexibility index (Phi) is 3.03. The molecule has 0 atom stereocenters. The van der Waals surface area contributed by atoms with Crippen LogP contribution in [0.25, 0.3) is 0 Å². The van der Waals surface area contributed by atoms with Gasteiger partial charge in [-0.15, -0.1) is 11.3 Å². The van der Waals surface area contributed by atoms with Crippen LogP contribution >= 0.6 is 27.3 Å². The highest BCUT2D eigenvalue weighted by Crippen LogP contribution is 2.44. The van der Waals surface area contributed by atoms with Crippen molar-refractivity contribution in [1.29, 1.82) is 0 Å². The van der Waals surface area contributed by atoms with Gasteiger partial charge in [-0.3, -0.25) is 0 Å². The maximum Gasteiger partial charge on any atom is 0.0701 e. The zero-order valence-electron chi connectivity index (χ0n) is 8.85. The van der Waals surface area contributed by atoms with Gasteiger partial charge in [0.15, 0.2) is 0 Å². The molecule has 14 heavy (non-hydrogen) atoms. The molecule has 0 aliphatic heterocycles. The summed E-state index contributed by atoms with van der Waals surface area (Å²) < 4.78 is 1.28. The van der Waals surface area contributed by atoms with Gasteiger partial charge >= 0.3 is 0 Å². The third-order valence-corrected chi connectivity index (χ3v) is 5.12. The Labute approximate surface area is 98.9 Å². The Morgan fingerprint density at radius 2 is 1.93 bits per heavy atom. The van der Waals surface area contributed by atoms with E-state index in [-0.39, 0.29) is 0 Å². The number of halogens is 1. The maximum atomic E-state index is 3.54. The van der Waals surface area contributed by atoms with E-state index < -0.39 is 0 Å². The first kappa shape index (κ1) is 10.7. The first-order valence-corrected chi connectivity index (χ1v) is 6.93. The summed E-state index contributed by atoms with van der Waals surface area (Å²) in [5.41, 5.74) is 0.588. The van der Waals surface area contributed by atoms with Crippen molar-refractivity contribution >= 4 is 27.3 Å². The number of thiophene rings is 1. The Bertz CT molecular complexity index is 304. The van der Waals surface area contributed by atoms with Gasteiger partial charge in [0.25, 0.3) is 0 Å². The average molecular weight is 273 g/mol. The van der Waals surface area contributed by atoms with Gasteiger partial charge in [-0.1, -0.05) is 13.8 Å². The standard InChI is InChI=1S/C12H17BrS/c1-12(2)7-5-9(6-8-12)10-3-4-11(13)14-10/h3-4,9H,5-8H2,1-2H3. The molecular weight excluding hydrogens is 256 g/mol. The topological polar surface area (TPSA) is 0 Å². The average Bonchev–Trinajstić information content (AvgIpc) is 2.52. The zero-order chi connectivity index (χ0) is 10.2. The summed E-state index contributed by atoms with van der Waals surface area (Å²) in [4.78, 5) is 1.58. The van der Waals surface area contributed by atoms with Crippen LogP contribution in [0.5, 0.6) is 0 Å². The first-order chi connectivity index (χ1) is 6.57. The Hall–Kier alpha value is 0.180. The molecule has 0 spiro atoms. The zero-order valence-corrected chi connectivity index (χ0v) is 11.2. The highest BCUT2D eigenvalue weighted by molar-refractivity contribution is 9.11. The highest BCUT2D eigenvalue weighted by Gasteiger charge is 2.28. The molecule has 2 rings (SSSR count). The van der Waals surface area contributed by atoms with E-state index in [4.69, 9.17) is 0 Å². The largest absolute Gasteiger partial charge is 0.133 e. The molecule has 0 nitrogen and oxygen atoms in total. The number of hydrogen-bond acceptors (Lipinski definition) is 1. The van der Waals surface area contributed by atoms with E-state index in [0.717, 1.165) is 5.92 Å². The minimum Gasteiger partial charge on any atom is -0.133 e. The van der Waals surface area contributed by atoms with E-state index in [9.17, 15) is 0 Å². The summed E-state index contributed by atoms with van der Waals surface area (Å²) in [7, 11) is 0. The van der Waals surface area contributed by atoms with Crippen molar-refractivity contribution in [2.75, 3.05) is 0 Å². The molecule has 1 aromatic heterocycles. The normalized spacial score (nSPS) is 22.5. The molecular formula is C12H17BrS. The van der Waals surface area contributed by atoms with Gasteiger partial charge in [-0.25, -0.2) is 0 Å². The fraction of sp³-hybridized carbons (Fsp3) is 0.667. The van der Waals surface area contributed by atoms with E-state index in [0.29, 0.717) is 5.41 Å². The maximum absolute atomic E-state index is 3.54. The fourth-order valence-electron chi connectivity index (χ4n) is 2.23. The fourth-order valence-corrected chi connectivity index (χ4v) is 3.82. The Balaban J connectivity index is 2.02. The van der Waals surface area contributed by atoms with Gasteiger partial charge in [0, 0.05) is 4.88 Å². The van der Waals surface area contributed by atoms with Gasteiger partial charge < -0.3 is 0 Å². The summed E-state index contributed by atoms with van der Waals surface area (Å²) in [6, 6.07) is 4.47. The molecule has 1 aliphatic carbocycles. The second-order valence-corrected chi connectivity index (χ2v) is 7.57. The summed E-state index contributed by atoms with van der Waals surface area (Å²) >= 11 is 5.45. The van der Waals surface area contributed by atoms with Crippen LogP contribution in [0.3, 0.4) is 0 Å². The van der Waals surface area contributed by atoms with Gasteiger partial charge in [0.1, 0.15) is 0 Å². The van der Waals surface area contributed by atoms with Gasteiger partial charge in [-0.05, 0) is 65.1 Å². The van der Waals surface area contributed by atoms with Crippen molar-refractivity contribution < 1.29 is 0 Å². The van der Waals surface area contributed by atoms with Crippen molar-refractivity contribution in [1.82, 2.24) is 0 Å². The van der Waals surface area contributed by atoms with Crippen LogP contribution in [0.2, 0.25) is 0 Å². The number of rotatable bonds is 1. The molecule has 1 heterocycles. The molecule has 2 heteroatoms. The van der Waals surface area contributed by atoms with E-state index in [1.165, 1.54) is 29.5 Å². The van der Waals surface area contributed by atoms with Crippen LogP contribution in [0, 0.1) is 5.41 Å². The van der Waals surface area contributed by atoms with Crippen LogP contribution in [-0.4, -0.2) is 0 Å². The van der Waals surface area contributed by atoms with Crippen LogP contribution in [0.4, 0.5) is 0 Å². The highest BCUT2D eigenvalue weighted by atomic mass is 79.9. The predicted molar refractivity (Wildman–Crippen MR) is 67.0 cm³/mol. The lowest BCUT2D eigenvalue weighted by Gasteiger charge is -2.33. The van der Waals surface area contributed by atoms with E-state index in [1.54, 1.807) is 4.88 Å². The summed E-state index contributed by atoms with van der Waals surface area (Å²) in [5.74, 6) is 0.833. The molecule has 0 saturated heterocycles. The van der Waals surface area contributed by atoms with Gasteiger partial charge in [0.2, 0.25) is 0 Å². The lowest BCUT2D eigenvalue weighted by molar-refractivity contribution is 0.226. The number of hydrogen-bond donors (Lipinski definition) is 0. The Morgan fingerprint density at radius 1 is 1.29 bits per heavy atom. The monoisotopic (exact) mass is 272 g/mol. The van der Waals surface area contributed by atoms with Crippen LogP contribution < -0.4 is 0 Å². The molecule has 1 aliphatic rings. The third-order valence-electron chi connectivity index (χ3n) is 3.34. The van der Waals surface area contributed by atoms with Crippen LogP contribution in [-0.2, 0) is 0 Å². The molecule has 0 bridgehead atoms. The molecule has 78 valence electrons. The summed E-state index contributed by atoms with van der Waals surface area (Å²) in [5, 5.41) is 0. The molecule has 0 aromatic carbocycles. The van der Waals surface area contributed by atoms with Crippen LogP contribution in [0.1, 0.15) is 50.3 Å². The third kappa shape index (κ3) is 2.40. The molecule has 0 N–H and O–H groups in total. The van der Waals surface area contributed by atoms with Crippen molar-refractivity contribution in [2.45, 2.75) is 45.4 Å². The molecule has 1 aromatic rings. The summed E-state index contributed by atoms with van der Waals surface area (Å²) in [6.45, 7) is 4.79. The van der Waals surface area contributed by atoms with Crippen LogP contribution in [0.15, 0.2) is 15.9 Å². The smallest absolute Gasteiger partial charge is 0.0701 e. The van der Waals surface area contributed by atoms with Gasteiger partial charge in [-0.2, -0.15) is 0 Å². The summed E-state index contributed by atoms with van der Waals surface area (Å²) in [6.07, 6.45) is 5.51. The second kappa shape index (κ2) is 3.97.